The average molecular weight is 667 g/mol. The van der Waals surface area contributed by atoms with E-state index < -0.39 is 70.5 Å². The van der Waals surface area contributed by atoms with Crippen molar-refractivity contribution < 1.29 is 73.4 Å². The van der Waals surface area contributed by atoms with Crippen LogP contribution in [0.4, 0.5) is 0 Å². The van der Waals surface area contributed by atoms with Gasteiger partial charge in [0.05, 0.1) is 29.9 Å². The maximum atomic E-state index is 11.5. The number of phosphoric ester groups is 1. The molecule has 18 nitrogen and oxygen atoms in total. The second-order valence-corrected chi connectivity index (χ2v) is 10.9. The summed E-state index contributed by atoms with van der Waals surface area (Å²) in [6.07, 6.45) is 0. The minimum absolute atomic E-state index is 0.162. The molecule has 0 saturated heterocycles. The van der Waals surface area contributed by atoms with Gasteiger partial charge in [-0.3, -0.25) is 14.7 Å². The summed E-state index contributed by atoms with van der Waals surface area (Å²) in [5, 5.41) is 55.7. The number of ether oxygens (including phenoxy) is 1. The van der Waals surface area contributed by atoms with E-state index in [1.165, 1.54) is 34.1 Å². The molecule has 0 N–H and O–H groups in total. The number of carbonyl (C=O) groups excluding carboxylic acids is 4. The van der Waals surface area contributed by atoms with Crippen molar-refractivity contribution in [2.75, 3.05) is 65.6 Å². The lowest BCUT2D eigenvalue weighted by molar-refractivity contribution is -0.689. The molecule has 2 aromatic carbocycles. The van der Waals surface area contributed by atoms with Crippen molar-refractivity contribution in [3.63, 3.8) is 0 Å². The quantitative estimate of drug-likeness (QED) is 0.0604. The minimum Gasteiger partial charge on any atom is -0.780 e. The predicted molar refractivity (Wildman–Crippen MR) is 140 cm³/mol. The van der Waals surface area contributed by atoms with Gasteiger partial charge >= 0.3 is 0 Å². The highest BCUT2D eigenvalue weighted by atomic mass is 31.2. The van der Waals surface area contributed by atoms with Crippen LogP contribution in [0.2, 0.25) is 0 Å². The maximum Gasteiger partial charge on any atom is 0.124 e. The van der Waals surface area contributed by atoms with E-state index in [2.05, 4.69) is 9.41 Å². The first-order valence-electron chi connectivity index (χ1n) is 13.4. The van der Waals surface area contributed by atoms with Crippen LogP contribution in [-0.4, -0.2) is 110 Å². The predicted octanol–water partition coefficient (Wildman–Crippen LogP) is -7.49. The van der Waals surface area contributed by atoms with E-state index in [9.17, 15) is 59.2 Å². The number of hydrogen-bond acceptors (Lipinski definition) is 18. The highest BCUT2D eigenvalue weighted by Gasteiger charge is 2.23. The lowest BCUT2D eigenvalue weighted by Crippen LogP contribution is -2.54. The van der Waals surface area contributed by atoms with Gasteiger partial charge in [0, 0.05) is 59.0 Å². The summed E-state index contributed by atoms with van der Waals surface area (Å²) in [5.74, 6) is -6.09. The Bertz CT molecular complexity index is 1320. The molecule has 0 spiro atoms. The standard InChI is InChI=1S/C27H36N3O15P/c31-24(32)14-28(9-10-29(15-25(33)34)16-26(35)36)13-21(30(11-12-44-39)17-27(37)38)18-43-22-5-1-19(2-6-22)20-3-7-23(8-4-20)45-46(40,41)42/h1-8,21,39H,9-18H2,(H,31,32)(H,33,34)(H,35,36)(H,37,38)(H2,40,41,42)/p-7. The van der Waals surface area contributed by atoms with Gasteiger partial charge in [0.25, 0.3) is 0 Å². The van der Waals surface area contributed by atoms with Crippen molar-refractivity contribution in [3.8, 4) is 22.6 Å². The first kappa shape index (κ1) is 38.1. The number of carboxylic acids is 4. The Hall–Kier alpha value is -4.13. The molecule has 0 saturated carbocycles. The average Bonchev–Trinajstić information content (AvgIpc) is 2.95. The lowest BCUT2D eigenvalue weighted by atomic mass is 10.1. The van der Waals surface area contributed by atoms with E-state index in [1.54, 1.807) is 24.3 Å². The molecule has 0 fully saturated rings. The smallest absolute Gasteiger partial charge is 0.124 e. The summed E-state index contributed by atoms with van der Waals surface area (Å²) in [7, 11) is -5.22. The normalized spacial score (nSPS) is 12.3. The molecule has 0 bridgehead atoms. The summed E-state index contributed by atoms with van der Waals surface area (Å²) in [6.45, 7) is -4.60. The van der Waals surface area contributed by atoms with Gasteiger partial charge in [-0.25, -0.2) is 0 Å². The molecule has 0 radical (unpaired) electrons. The molecule has 0 aromatic heterocycles. The first-order chi connectivity index (χ1) is 21.6. The zero-order valence-corrected chi connectivity index (χ0v) is 25.1. The summed E-state index contributed by atoms with van der Waals surface area (Å²) < 4.78 is 20.9. The van der Waals surface area contributed by atoms with Crippen LogP contribution in [0.15, 0.2) is 48.5 Å². The van der Waals surface area contributed by atoms with Crippen LogP contribution in [0.25, 0.3) is 11.1 Å². The maximum absolute atomic E-state index is 11.5. The van der Waals surface area contributed by atoms with Crippen LogP contribution in [-0.2, 0) is 28.6 Å². The number of benzene rings is 2. The summed E-state index contributed by atoms with van der Waals surface area (Å²) in [6, 6.07) is 11.1. The molecular weight excluding hydrogens is 637 g/mol. The molecule has 254 valence electrons. The van der Waals surface area contributed by atoms with E-state index >= 15 is 0 Å². The molecule has 46 heavy (non-hydrogen) atoms. The molecule has 19 heteroatoms. The minimum atomic E-state index is -5.22. The number of carbonyl (C=O) groups is 4. The molecule has 0 aliphatic rings. The molecule has 0 aliphatic heterocycles. The van der Waals surface area contributed by atoms with E-state index in [1.807, 2.05) is 0 Å². The van der Waals surface area contributed by atoms with Crippen molar-refractivity contribution in [3.05, 3.63) is 48.5 Å². The van der Waals surface area contributed by atoms with Gasteiger partial charge in [0.15, 0.2) is 0 Å². The van der Waals surface area contributed by atoms with Crippen LogP contribution in [0.3, 0.4) is 0 Å². The largest absolute Gasteiger partial charge is 0.780 e. The van der Waals surface area contributed by atoms with Crippen LogP contribution < -0.4 is 44.7 Å². The van der Waals surface area contributed by atoms with Crippen molar-refractivity contribution in [1.82, 2.24) is 14.7 Å². The van der Waals surface area contributed by atoms with Gasteiger partial charge in [-0.15, -0.1) is 0 Å². The Morgan fingerprint density at radius 3 is 1.59 bits per heavy atom. The molecule has 0 amide bonds. The van der Waals surface area contributed by atoms with E-state index in [0.29, 0.717) is 16.9 Å². The van der Waals surface area contributed by atoms with Gasteiger partial charge in [-0.1, -0.05) is 24.3 Å². The van der Waals surface area contributed by atoms with Crippen molar-refractivity contribution in [2.24, 2.45) is 0 Å². The fourth-order valence-corrected chi connectivity index (χ4v) is 4.72. The van der Waals surface area contributed by atoms with E-state index in [4.69, 9.17) is 4.74 Å². The van der Waals surface area contributed by atoms with Gasteiger partial charge in [-0.05, 0) is 35.4 Å². The Balaban J connectivity index is 2.23. The van der Waals surface area contributed by atoms with Crippen LogP contribution in [0.1, 0.15) is 0 Å². The number of aliphatic carboxylic acids is 4. The molecule has 0 aliphatic carbocycles. The van der Waals surface area contributed by atoms with Crippen molar-refractivity contribution >= 4 is 31.7 Å². The third-order valence-corrected chi connectivity index (χ3v) is 6.71. The van der Waals surface area contributed by atoms with Crippen molar-refractivity contribution in [2.45, 2.75) is 6.04 Å². The fourth-order valence-electron chi connectivity index (χ4n) is 4.34. The van der Waals surface area contributed by atoms with E-state index in [0.717, 1.165) is 4.90 Å². The van der Waals surface area contributed by atoms with Crippen LogP contribution in [0, 0.1) is 0 Å². The number of carboxylic acid groups (broad SMARTS) is 4. The summed E-state index contributed by atoms with van der Waals surface area (Å²) >= 11 is 0. The Morgan fingerprint density at radius 2 is 1.13 bits per heavy atom. The molecule has 1 unspecified atom stereocenters. The molecular formula is C27H29N3O15P-7. The number of hydrogen-bond donors (Lipinski definition) is 0. The van der Waals surface area contributed by atoms with Crippen molar-refractivity contribution in [1.29, 1.82) is 0 Å². The number of rotatable bonds is 23. The topological polar surface area (TPSA) is 284 Å². The van der Waals surface area contributed by atoms with Gasteiger partial charge < -0.3 is 73.4 Å². The number of phosphoric acid groups is 1. The summed E-state index contributed by atoms with van der Waals surface area (Å²) in [4.78, 5) is 73.9. The fraction of sp³-hybridized carbons (Fsp3) is 0.407. The highest BCUT2D eigenvalue weighted by Crippen LogP contribution is 2.31. The zero-order valence-electron chi connectivity index (χ0n) is 24.2. The summed E-state index contributed by atoms with van der Waals surface area (Å²) in [5.41, 5.74) is 1.29. The van der Waals surface area contributed by atoms with Crippen LogP contribution in [0.5, 0.6) is 11.5 Å². The molecule has 2 aromatic rings. The number of nitrogens with zero attached hydrogens (tertiary/aromatic N) is 3. The first-order valence-corrected chi connectivity index (χ1v) is 14.9. The van der Waals surface area contributed by atoms with Gasteiger partial charge in [0.1, 0.15) is 25.9 Å². The zero-order chi connectivity index (χ0) is 34.3. The highest BCUT2D eigenvalue weighted by molar-refractivity contribution is 7.43. The molecule has 1 atom stereocenters. The Morgan fingerprint density at radius 1 is 0.674 bits per heavy atom. The SMILES string of the molecule is O=C([O-])CN(CCN(CC(=O)[O-])CC(COc1ccc(-c2ccc(OP(=O)([O-])[O-])cc2)cc1)N(CCO[O-])CC(=O)[O-])CC(=O)[O-]. The van der Waals surface area contributed by atoms with Gasteiger partial charge in [-0.2, -0.15) is 0 Å². The Labute approximate surface area is 262 Å². The molecule has 0 heterocycles. The van der Waals surface area contributed by atoms with Crippen LogP contribution >= 0.6 is 7.82 Å². The van der Waals surface area contributed by atoms with E-state index in [-0.39, 0.29) is 38.5 Å². The molecule has 2 rings (SSSR count). The lowest BCUT2D eigenvalue weighted by Gasteiger charge is -2.36. The van der Waals surface area contributed by atoms with Gasteiger partial charge in [0.2, 0.25) is 0 Å². The Kier molecular flexibility index (Phi) is 15.5. The third kappa shape index (κ3) is 15.2. The second kappa shape index (κ2) is 18.7. The third-order valence-electron chi connectivity index (χ3n) is 6.27. The second-order valence-electron chi connectivity index (χ2n) is 9.78. The monoisotopic (exact) mass is 666 g/mol.